The van der Waals surface area contributed by atoms with Crippen molar-refractivity contribution >= 4 is 93.8 Å². The van der Waals surface area contributed by atoms with E-state index in [1.807, 2.05) is 30.3 Å². The molecule has 0 radical (unpaired) electrons. The molecule has 0 aliphatic heterocycles. The van der Waals surface area contributed by atoms with Gasteiger partial charge in [-0.25, -0.2) is 4.98 Å². The zero-order valence-corrected chi connectivity index (χ0v) is 23.3. The van der Waals surface area contributed by atoms with E-state index in [0.29, 0.717) is 5.71 Å². The first kappa shape index (κ1) is 23.5. The molecule has 10 rings (SSSR count). The van der Waals surface area contributed by atoms with Crippen molar-refractivity contribution < 1.29 is 13.3 Å². The number of fused-ring (bicyclic) bond motifs is 11. The molecular weight excluding hydrogens is 544 g/mol. The summed E-state index contributed by atoms with van der Waals surface area (Å²) in [6, 6.07) is 44.0. The van der Waals surface area contributed by atoms with Gasteiger partial charge in [-0.3, -0.25) is 0 Å². The van der Waals surface area contributed by atoms with Crippen LogP contribution in [0.15, 0.2) is 147 Å². The lowest BCUT2D eigenvalue weighted by Crippen LogP contribution is -2.09. The molecule has 44 heavy (non-hydrogen) atoms. The summed E-state index contributed by atoms with van der Waals surface area (Å²) in [5.74, 6) is 0. The molecule has 0 saturated carbocycles. The SMILES string of the molecule is c1ccc2c(c1)oc1ccc(N(c3ccc4oc5ccccc5c4c3)c3ccc4ccc5c6cccnc6oc5c4c3)cc12. The van der Waals surface area contributed by atoms with Crippen LogP contribution in [-0.2, 0) is 0 Å². The minimum atomic E-state index is 0.645. The van der Waals surface area contributed by atoms with Gasteiger partial charge in [0.2, 0.25) is 5.71 Å². The summed E-state index contributed by atoms with van der Waals surface area (Å²) in [7, 11) is 0. The molecule has 0 aliphatic rings. The van der Waals surface area contributed by atoms with Crippen LogP contribution in [0.2, 0.25) is 0 Å². The Hall–Kier alpha value is -6.07. The summed E-state index contributed by atoms with van der Waals surface area (Å²) in [6.45, 7) is 0. The quantitative estimate of drug-likeness (QED) is 0.213. The molecule has 5 nitrogen and oxygen atoms in total. The van der Waals surface area contributed by atoms with Crippen LogP contribution in [0.25, 0.3) is 76.7 Å². The Morgan fingerprint density at radius 3 is 1.64 bits per heavy atom. The van der Waals surface area contributed by atoms with E-state index >= 15 is 0 Å². The molecule has 0 bridgehead atoms. The molecule has 0 unspecified atom stereocenters. The number of aromatic nitrogens is 1. The number of rotatable bonds is 3. The van der Waals surface area contributed by atoms with Crippen LogP contribution in [0.3, 0.4) is 0 Å². The molecule has 0 atom stereocenters. The highest BCUT2D eigenvalue weighted by Gasteiger charge is 2.19. The number of hydrogen-bond acceptors (Lipinski definition) is 5. The molecule has 0 saturated heterocycles. The van der Waals surface area contributed by atoms with E-state index in [4.69, 9.17) is 13.3 Å². The predicted molar refractivity (Wildman–Crippen MR) is 178 cm³/mol. The van der Waals surface area contributed by atoms with Crippen molar-refractivity contribution in [1.82, 2.24) is 4.98 Å². The second-order valence-corrected chi connectivity index (χ2v) is 11.2. The maximum Gasteiger partial charge on any atom is 0.227 e. The van der Waals surface area contributed by atoms with Gasteiger partial charge in [-0.2, -0.15) is 0 Å². The summed E-state index contributed by atoms with van der Waals surface area (Å²) >= 11 is 0. The summed E-state index contributed by atoms with van der Waals surface area (Å²) in [4.78, 5) is 6.77. The fourth-order valence-corrected chi connectivity index (χ4v) is 6.67. The van der Waals surface area contributed by atoms with Gasteiger partial charge < -0.3 is 18.2 Å². The minimum Gasteiger partial charge on any atom is -0.456 e. The van der Waals surface area contributed by atoms with Crippen molar-refractivity contribution in [3.05, 3.63) is 134 Å². The number of benzene rings is 6. The zero-order valence-electron chi connectivity index (χ0n) is 23.3. The first-order valence-electron chi connectivity index (χ1n) is 14.6. The Morgan fingerprint density at radius 1 is 0.409 bits per heavy atom. The van der Waals surface area contributed by atoms with Gasteiger partial charge in [0, 0.05) is 61.0 Å². The van der Waals surface area contributed by atoms with Crippen molar-refractivity contribution in [2.24, 2.45) is 0 Å². The summed E-state index contributed by atoms with van der Waals surface area (Å²) in [5.41, 5.74) is 8.02. The maximum atomic E-state index is 6.35. The van der Waals surface area contributed by atoms with Gasteiger partial charge in [0.05, 0.1) is 0 Å². The standard InChI is InChI=1S/C39H22N2O3/c1-3-9-34-27(6-1)32-21-25(14-17-36(32)42-34)41(26-15-18-37-33(22-26)28-7-2-4-10-35(28)43-37)24-13-11-23-12-16-29-30-8-5-19-40-39(30)44-38(29)31(23)20-24/h1-22H. The second kappa shape index (κ2) is 8.72. The van der Waals surface area contributed by atoms with Gasteiger partial charge in [-0.15, -0.1) is 0 Å². The largest absolute Gasteiger partial charge is 0.456 e. The predicted octanol–water partition coefficient (Wildman–Crippen LogP) is 11.4. The van der Waals surface area contributed by atoms with E-state index in [9.17, 15) is 0 Å². The molecule has 6 aromatic carbocycles. The van der Waals surface area contributed by atoms with Crippen LogP contribution in [-0.4, -0.2) is 4.98 Å². The monoisotopic (exact) mass is 566 g/mol. The summed E-state index contributed by atoms with van der Waals surface area (Å²) in [5, 5.41) is 8.55. The Bertz CT molecular complexity index is 2630. The van der Waals surface area contributed by atoms with Gasteiger partial charge in [-0.1, -0.05) is 48.5 Å². The number of hydrogen-bond donors (Lipinski definition) is 0. The van der Waals surface area contributed by atoms with Crippen LogP contribution >= 0.6 is 0 Å². The third kappa shape index (κ3) is 3.32. The third-order valence-electron chi connectivity index (χ3n) is 8.71. The first-order valence-corrected chi connectivity index (χ1v) is 14.6. The highest BCUT2D eigenvalue weighted by Crippen LogP contribution is 2.43. The molecule has 0 aliphatic carbocycles. The topological polar surface area (TPSA) is 55.6 Å². The molecule has 206 valence electrons. The molecule has 0 fully saturated rings. The number of para-hydroxylation sites is 2. The van der Waals surface area contributed by atoms with Crippen LogP contribution in [0.4, 0.5) is 17.1 Å². The van der Waals surface area contributed by atoms with Crippen molar-refractivity contribution in [2.45, 2.75) is 0 Å². The zero-order chi connectivity index (χ0) is 28.8. The van der Waals surface area contributed by atoms with Crippen molar-refractivity contribution in [2.75, 3.05) is 4.90 Å². The highest BCUT2D eigenvalue weighted by molar-refractivity contribution is 6.15. The Kier molecular flexibility index (Phi) is 4.66. The van der Waals surface area contributed by atoms with Gasteiger partial charge >= 0.3 is 0 Å². The van der Waals surface area contributed by atoms with Gasteiger partial charge in [-0.05, 0) is 84.2 Å². The van der Waals surface area contributed by atoms with E-state index in [1.54, 1.807) is 6.20 Å². The molecule has 0 spiro atoms. The molecule has 4 aromatic heterocycles. The average Bonchev–Trinajstić information content (AvgIpc) is 3.76. The highest BCUT2D eigenvalue weighted by atomic mass is 16.3. The number of pyridine rings is 1. The van der Waals surface area contributed by atoms with Gasteiger partial charge in [0.25, 0.3) is 0 Å². The van der Waals surface area contributed by atoms with Crippen molar-refractivity contribution in [3.8, 4) is 0 Å². The van der Waals surface area contributed by atoms with Crippen LogP contribution in [0, 0.1) is 0 Å². The molecule has 5 heteroatoms. The molecular formula is C39H22N2O3. The third-order valence-corrected chi connectivity index (χ3v) is 8.71. The lowest BCUT2D eigenvalue weighted by Gasteiger charge is -2.26. The normalized spacial score (nSPS) is 12.1. The summed E-state index contributed by atoms with van der Waals surface area (Å²) < 4.78 is 18.7. The second-order valence-electron chi connectivity index (χ2n) is 11.2. The van der Waals surface area contributed by atoms with E-state index in [2.05, 4.69) is 107 Å². The Morgan fingerprint density at radius 2 is 0.955 bits per heavy atom. The lowest BCUT2D eigenvalue weighted by molar-refractivity contribution is 0.657. The van der Waals surface area contributed by atoms with Crippen molar-refractivity contribution in [1.29, 1.82) is 0 Å². The van der Waals surface area contributed by atoms with E-state index in [0.717, 1.165) is 88.1 Å². The van der Waals surface area contributed by atoms with Crippen LogP contribution in [0.5, 0.6) is 0 Å². The number of nitrogens with zero attached hydrogens (tertiary/aromatic N) is 2. The molecule has 0 amide bonds. The van der Waals surface area contributed by atoms with Gasteiger partial charge in [0.1, 0.15) is 27.9 Å². The minimum absolute atomic E-state index is 0.645. The number of anilines is 3. The van der Waals surface area contributed by atoms with Crippen LogP contribution in [0.1, 0.15) is 0 Å². The fraction of sp³-hybridized carbons (Fsp3) is 0. The Labute approximate surface area is 250 Å². The van der Waals surface area contributed by atoms with E-state index < -0.39 is 0 Å². The fourth-order valence-electron chi connectivity index (χ4n) is 6.67. The lowest BCUT2D eigenvalue weighted by atomic mass is 10.0. The summed E-state index contributed by atoms with van der Waals surface area (Å²) in [6.07, 6.45) is 1.77. The first-order chi connectivity index (χ1) is 21.8. The van der Waals surface area contributed by atoms with Crippen molar-refractivity contribution in [3.63, 3.8) is 0 Å². The molecule has 4 heterocycles. The van der Waals surface area contributed by atoms with E-state index in [-0.39, 0.29) is 0 Å². The molecule has 0 N–H and O–H groups in total. The Balaban J connectivity index is 1.26. The maximum absolute atomic E-state index is 6.35. The molecule has 10 aromatic rings. The van der Waals surface area contributed by atoms with E-state index in [1.165, 1.54) is 0 Å². The van der Waals surface area contributed by atoms with Crippen LogP contribution < -0.4 is 4.90 Å². The smallest absolute Gasteiger partial charge is 0.227 e. The average molecular weight is 567 g/mol. The number of furan rings is 3. The van der Waals surface area contributed by atoms with Gasteiger partial charge in [0.15, 0.2) is 0 Å².